The first-order valence-electron chi connectivity index (χ1n) is 6.05. The summed E-state index contributed by atoms with van der Waals surface area (Å²) in [6.07, 6.45) is -1.83. The van der Waals surface area contributed by atoms with E-state index in [0.29, 0.717) is 0 Å². The van der Waals surface area contributed by atoms with E-state index in [1.807, 2.05) is 30.3 Å². The minimum absolute atomic E-state index is 0.0961. The fourth-order valence-electron chi connectivity index (χ4n) is 1.75. The highest BCUT2D eigenvalue weighted by atomic mass is 35.5. The molecule has 0 aliphatic heterocycles. The second kappa shape index (κ2) is 6.56. The van der Waals surface area contributed by atoms with Crippen LogP contribution in [0.25, 0.3) is 0 Å². The predicted molar refractivity (Wildman–Crippen MR) is 74.8 cm³/mol. The van der Waals surface area contributed by atoms with Gasteiger partial charge in [0, 0.05) is 0 Å². The van der Waals surface area contributed by atoms with Crippen LogP contribution in [-0.2, 0) is 11.4 Å². The fourth-order valence-corrected chi connectivity index (χ4v) is 2.02. The molecule has 0 heterocycles. The fraction of sp³-hybridized carbons (Fsp3) is 0.133. The Labute approximate surface area is 125 Å². The van der Waals surface area contributed by atoms with E-state index in [4.69, 9.17) is 21.4 Å². The number of rotatable bonds is 5. The number of ether oxygens (including phenoxy) is 1. The lowest BCUT2D eigenvalue weighted by molar-refractivity contribution is -0.146. The molecule has 21 heavy (non-hydrogen) atoms. The van der Waals surface area contributed by atoms with E-state index in [-0.39, 0.29) is 22.9 Å². The molecule has 0 amide bonds. The third-order valence-corrected chi connectivity index (χ3v) is 3.08. The number of aliphatic hydroxyl groups excluding tert-OH is 1. The van der Waals surface area contributed by atoms with Crippen molar-refractivity contribution in [2.45, 2.75) is 12.7 Å². The van der Waals surface area contributed by atoms with Crippen LogP contribution in [0.2, 0.25) is 5.02 Å². The largest absolute Gasteiger partial charge is 0.484 e. The molecule has 0 aliphatic rings. The molecule has 0 saturated carbocycles. The van der Waals surface area contributed by atoms with Crippen molar-refractivity contribution < 1.29 is 24.1 Å². The van der Waals surface area contributed by atoms with Gasteiger partial charge in [-0.25, -0.2) is 9.18 Å². The van der Waals surface area contributed by atoms with Crippen molar-refractivity contribution in [3.8, 4) is 5.75 Å². The average Bonchev–Trinajstić information content (AvgIpc) is 2.46. The Balaban J connectivity index is 2.19. The zero-order chi connectivity index (χ0) is 15.4. The van der Waals surface area contributed by atoms with E-state index in [0.717, 1.165) is 11.6 Å². The summed E-state index contributed by atoms with van der Waals surface area (Å²) in [5, 5.41) is 18.0. The summed E-state index contributed by atoms with van der Waals surface area (Å²) in [5.74, 6) is -2.49. The summed E-state index contributed by atoms with van der Waals surface area (Å²) in [6, 6.07) is 11.2. The molecule has 2 N–H and O–H groups in total. The van der Waals surface area contributed by atoms with Gasteiger partial charge in [0.1, 0.15) is 6.61 Å². The number of carboxylic acid groups (broad SMARTS) is 1. The van der Waals surface area contributed by atoms with Gasteiger partial charge in [0.15, 0.2) is 17.7 Å². The van der Waals surface area contributed by atoms with E-state index < -0.39 is 17.9 Å². The Morgan fingerprint density at radius 2 is 1.95 bits per heavy atom. The van der Waals surface area contributed by atoms with Crippen molar-refractivity contribution in [1.29, 1.82) is 0 Å². The smallest absolute Gasteiger partial charge is 0.337 e. The van der Waals surface area contributed by atoms with Crippen LogP contribution in [0, 0.1) is 5.82 Å². The van der Waals surface area contributed by atoms with Gasteiger partial charge in [-0.05, 0) is 23.3 Å². The number of hydrogen-bond donors (Lipinski definition) is 2. The summed E-state index contributed by atoms with van der Waals surface area (Å²) >= 11 is 5.88. The van der Waals surface area contributed by atoms with Crippen LogP contribution in [0.15, 0.2) is 42.5 Å². The molecule has 0 radical (unpaired) electrons. The van der Waals surface area contributed by atoms with Gasteiger partial charge in [-0.3, -0.25) is 0 Å². The maximum atomic E-state index is 13.9. The van der Waals surface area contributed by atoms with Gasteiger partial charge in [-0.1, -0.05) is 41.9 Å². The number of aliphatic hydroxyl groups is 1. The van der Waals surface area contributed by atoms with Crippen LogP contribution in [0.4, 0.5) is 4.39 Å². The average molecular weight is 311 g/mol. The van der Waals surface area contributed by atoms with Crippen LogP contribution >= 0.6 is 11.6 Å². The number of halogens is 2. The van der Waals surface area contributed by atoms with E-state index in [9.17, 15) is 14.3 Å². The molecular formula is C15H12ClFO4. The van der Waals surface area contributed by atoms with Crippen LogP contribution in [0.1, 0.15) is 17.2 Å². The van der Waals surface area contributed by atoms with Crippen LogP contribution in [0.5, 0.6) is 5.75 Å². The zero-order valence-electron chi connectivity index (χ0n) is 10.8. The number of aliphatic carboxylic acids is 1. The molecule has 0 saturated heterocycles. The maximum absolute atomic E-state index is 13.9. The highest BCUT2D eigenvalue weighted by molar-refractivity contribution is 6.32. The molecule has 2 aromatic rings. The molecule has 0 fully saturated rings. The molecular weight excluding hydrogens is 299 g/mol. The van der Waals surface area contributed by atoms with Crippen LogP contribution in [0.3, 0.4) is 0 Å². The second-order valence-corrected chi connectivity index (χ2v) is 4.74. The monoisotopic (exact) mass is 310 g/mol. The topological polar surface area (TPSA) is 66.8 Å². The van der Waals surface area contributed by atoms with Crippen LogP contribution < -0.4 is 4.74 Å². The Hall–Kier alpha value is -2.11. The lowest BCUT2D eigenvalue weighted by atomic mass is 10.1. The van der Waals surface area contributed by atoms with Gasteiger partial charge in [-0.2, -0.15) is 0 Å². The molecule has 0 spiro atoms. The number of carboxylic acids is 1. The molecule has 0 aromatic heterocycles. The van der Waals surface area contributed by atoms with Gasteiger partial charge in [0.2, 0.25) is 0 Å². The molecule has 0 bridgehead atoms. The van der Waals surface area contributed by atoms with Crippen LogP contribution in [-0.4, -0.2) is 16.2 Å². The molecule has 2 aromatic carbocycles. The van der Waals surface area contributed by atoms with Gasteiger partial charge in [0.25, 0.3) is 0 Å². The third kappa shape index (κ3) is 3.71. The first kappa shape index (κ1) is 15.3. The lowest BCUT2D eigenvalue weighted by Gasteiger charge is -2.12. The normalized spacial score (nSPS) is 12.0. The SMILES string of the molecule is O=C(O)C(O)c1cc(F)c(OCc2ccccc2)c(Cl)c1. The molecule has 110 valence electrons. The maximum Gasteiger partial charge on any atom is 0.337 e. The van der Waals surface area contributed by atoms with E-state index in [1.54, 1.807) is 0 Å². The van der Waals surface area contributed by atoms with Crippen molar-refractivity contribution in [3.05, 3.63) is 64.4 Å². The Morgan fingerprint density at radius 3 is 2.52 bits per heavy atom. The molecule has 6 heteroatoms. The van der Waals surface area contributed by atoms with E-state index in [2.05, 4.69) is 0 Å². The van der Waals surface area contributed by atoms with E-state index >= 15 is 0 Å². The molecule has 2 rings (SSSR count). The highest BCUT2D eigenvalue weighted by Crippen LogP contribution is 2.32. The van der Waals surface area contributed by atoms with Crippen molar-refractivity contribution >= 4 is 17.6 Å². The van der Waals surface area contributed by atoms with Gasteiger partial charge in [-0.15, -0.1) is 0 Å². The predicted octanol–water partition coefficient (Wildman–Crippen LogP) is 3.18. The highest BCUT2D eigenvalue weighted by Gasteiger charge is 2.20. The molecule has 0 aliphatic carbocycles. The van der Waals surface area contributed by atoms with Crippen molar-refractivity contribution in [3.63, 3.8) is 0 Å². The van der Waals surface area contributed by atoms with E-state index in [1.165, 1.54) is 6.07 Å². The molecule has 1 atom stereocenters. The Morgan fingerprint density at radius 1 is 1.29 bits per heavy atom. The summed E-state index contributed by atoms with van der Waals surface area (Å²) in [5.41, 5.74) is 0.694. The lowest BCUT2D eigenvalue weighted by Crippen LogP contribution is -2.11. The van der Waals surface area contributed by atoms with Crippen molar-refractivity contribution in [2.75, 3.05) is 0 Å². The number of carbonyl (C=O) groups is 1. The zero-order valence-corrected chi connectivity index (χ0v) is 11.5. The summed E-state index contributed by atoms with van der Waals surface area (Å²) in [7, 11) is 0. The Kier molecular flexibility index (Phi) is 4.77. The Bertz CT molecular complexity index is 622. The van der Waals surface area contributed by atoms with Gasteiger partial charge < -0.3 is 14.9 Å². The summed E-state index contributed by atoms with van der Waals surface area (Å²) < 4.78 is 19.2. The second-order valence-electron chi connectivity index (χ2n) is 4.33. The summed E-state index contributed by atoms with van der Waals surface area (Å²) in [6.45, 7) is 0.123. The van der Waals surface area contributed by atoms with Gasteiger partial charge >= 0.3 is 5.97 Å². The first-order chi connectivity index (χ1) is 9.99. The number of benzene rings is 2. The molecule has 4 nitrogen and oxygen atoms in total. The third-order valence-electron chi connectivity index (χ3n) is 2.80. The number of hydrogen-bond acceptors (Lipinski definition) is 3. The van der Waals surface area contributed by atoms with Gasteiger partial charge in [0.05, 0.1) is 5.02 Å². The van der Waals surface area contributed by atoms with Crippen molar-refractivity contribution in [2.24, 2.45) is 0 Å². The summed E-state index contributed by atoms with van der Waals surface area (Å²) in [4.78, 5) is 10.7. The minimum atomic E-state index is -1.83. The minimum Gasteiger partial charge on any atom is -0.484 e. The first-order valence-corrected chi connectivity index (χ1v) is 6.43. The van der Waals surface area contributed by atoms with Crippen molar-refractivity contribution in [1.82, 2.24) is 0 Å². The standard InChI is InChI=1S/C15H12ClFO4/c16-11-6-10(13(18)15(19)20)7-12(17)14(11)21-8-9-4-2-1-3-5-9/h1-7,13,18H,8H2,(H,19,20). The molecule has 1 unspecified atom stereocenters. The quantitative estimate of drug-likeness (QED) is 0.890.